The van der Waals surface area contributed by atoms with Gasteiger partial charge in [-0.2, -0.15) is 4.98 Å². The van der Waals surface area contributed by atoms with Crippen LogP contribution in [0.2, 0.25) is 0 Å². The average Bonchev–Trinajstić information content (AvgIpc) is 2.90. The highest BCUT2D eigenvalue weighted by Crippen LogP contribution is 2.35. The van der Waals surface area contributed by atoms with Gasteiger partial charge in [-0.3, -0.25) is 0 Å². The van der Waals surface area contributed by atoms with E-state index in [9.17, 15) is 4.79 Å². The van der Waals surface area contributed by atoms with Crippen molar-refractivity contribution in [3.63, 3.8) is 0 Å². The molecule has 3 N–H and O–H groups in total. The maximum Gasteiger partial charge on any atom is 0.323 e. The molecule has 1 heterocycles. The molecular formula is C29H33N5O4. The minimum absolute atomic E-state index is 0.0738. The van der Waals surface area contributed by atoms with E-state index < -0.39 is 0 Å². The van der Waals surface area contributed by atoms with Gasteiger partial charge in [0.25, 0.3) is 0 Å². The zero-order valence-electron chi connectivity index (χ0n) is 22.3. The first-order chi connectivity index (χ1) is 18.3. The minimum Gasteiger partial charge on any atom is -0.495 e. The van der Waals surface area contributed by atoms with Gasteiger partial charge in [-0.25, -0.2) is 9.78 Å². The summed E-state index contributed by atoms with van der Waals surface area (Å²) in [7, 11) is 3.22. The molecule has 38 heavy (non-hydrogen) atoms. The first-order valence-electron chi connectivity index (χ1n) is 12.3. The summed E-state index contributed by atoms with van der Waals surface area (Å²) in [5.74, 6) is 2.04. The monoisotopic (exact) mass is 515 g/mol. The van der Waals surface area contributed by atoms with Gasteiger partial charge in [0.1, 0.15) is 11.5 Å². The minimum atomic E-state index is -0.379. The van der Waals surface area contributed by atoms with Gasteiger partial charge >= 0.3 is 6.03 Å². The van der Waals surface area contributed by atoms with Crippen LogP contribution in [0.1, 0.15) is 26.3 Å². The Kier molecular flexibility index (Phi) is 8.28. The summed E-state index contributed by atoms with van der Waals surface area (Å²) in [6.45, 7) is 7.48. The summed E-state index contributed by atoms with van der Waals surface area (Å²) in [6, 6.07) is 18.4. The molecule has 1 aromatic heterocycles. The van der Waals surface area contributed by atoms with Gasteiger partial charge in [-0.05, 0) is 35.2 Å². The predicted octanol–water partition coefficient (Wildman–Crippen LogP) is 6.43. The molecule has 4 rings (SSSR count). The van der Waals surface area contributed by atoms with Crippen LogP contribution in [0.25, 0.3) is 10.8 Å². The number of hydrogen-bond donors (Lipinski definition) is 3. The Labute approximate surface area is 222 Å². The second-order valence-electron chi connectivity index (χ2n) is 9.64. The lowest BCUT2D eigenvalue weighted by Gasteiger charge is -2.21. The fraction of sp³-hybridized carbons (Fsp3) is 0.276. The molecule has 3 aromatic carbocycles. The Morgan fingerprint density at radius 1 is 0.895 bits per heavy atom. The number of anilines is 3. The first kappa shape index (κ1) is 26.7. The molecule has 0 aliphatic heterocycles. The van der Waals surface area contributed by atoms with E-state index in [1.165, 1.54) is 0 Å². The van der Waals surface area contributed by atoms with Crippen molar-refractivity contribution in [2.24, 2.45) is 0 Å². The molecule has 0 saturated carbocycles. The molecule has 0 radical (unpaired) electrons. The summed E-state index contributed by atoms with van der Waals surface area (Å²) in [6.07, 6.45) is 1.63. The highest BCUT2D eigenvalue weighted by atomic mass is 16.5. The van der Waals surface area contributed by atoms with E-state index in [4.69, 9.17) is 14.2 Å². The Balaban J connectivity index is 1.55. The van der Waals surface area contributed by atoms with E-state index in [-0.39, 0.29) is 11.4 Å². The zero-order valence-corrected chi connectivity index (χ0v) is 22.3. The number of carbonyl (C=O) groups is 1. The number of urea groups is 1. The number of ether oxygens (including phenoxy) is 3. The fourth-order valence-electron chi connectivity index (χ4n) is 3.88. The van der Waals surface area contributed by atoms with E-state index in [1.807, 2.05) is 42.5 Å². The second-order valence-corrected chi connectivity index (χ2v) is 9.64. The van der Waals surface area contributed by atoms with Crippen molar-refractivity contribution in [3.05, 3.63) is 72.4 Å². The third-order valence-corrected chi connectivity index (χ3v) is 5.88. The number of amides is 2. The van der Waals surface area contributed by atoms with Crippen LogP contribution in [0.4, 0.5) is 22.1 Å². The highest BCUT2D eigenvalue weighted by Gasteiger charge is 2.18. The molecule has 4 aromatic rings. The molecule has 0 saturated heterocycles. The normalized spacial score (nSPS) is 11.2. The predicted molar refractivity (Wildman–Crippen MR) is 151 cm³/mol. The van der Waals surface area contributed by atoms with Crippen LogP contribution in [0, 0.1) is 0 Å². The lowest BCUT2D eigenvalue weighted by atomic mass is 9.87. The molecule has 0 aliphatic rings. The van der Waals surface area contributed by atoms with Gasteiger partial charge in [-0.15, -0.1) is 0 Å². The molecule has 9 heteroatoms. The standard InChI is InChI=1S/C29H33N5O4/c1-29(2,3)19-10-12-25(37-5)23(18-19)33-28(35)32-22-11-13-24(21-9-7-6-8-20(21)22)38-26-14-15-30-27(34-26)31-16-17-36-4/h6-15,18H,16-17H2,1-5H3,(H,30,31,34)(H2,32,33,35). The molecule has 0 atom stereocenters. The van der Waals surface area contributed by atoms with Gasteiger partial charge < -0.3 is 30.2 Å². The molecule has 0 unspecified atom stereocenters. The lowest BCUT2D eigenvalue weighted by Crippen LogP contribution is -2.21. The summed E-state index contributed by atoms with van der Waals surface area (Å²) in [5.41, 5.74) is 2.25. The van der Waals surface area contributed by atoms with E-state index in [0.29, 0.717) is 47.9 Å². The summed E-state index contributed by atoms with van der Waals surface area (Å²) < 4.78 is 16.6. The molecule has 0 aliphatic carbocycles. The molecular weight excluding hydrogens is 482 g/mol. The van der Waals surface area contributed by atoms with Gasteiger partial charge in [0, 0.05) is 36.7 Å². The van der Waals surface area contributed by atoms with Crippen molar-refractivity contribution in [3.8, 4) is 17.4 Å². The van der Waals surface area contributed by atoms with E-state index in [1.54, 1.807) is 38.6 Å². The van der Waals surface area contributed by atoms with Gasteiger partial charge in [0.05, 0.1) is 25.1 Å². The van der Waals surface area contributed by atoms with Crippen LogP contribution >= 0.6 is 0 Å². The number of methoxy groups -OCH3 is 2. The smallest absolute Gasteiger partial charge is 0.323 e. The summed E-state index contributed by atoms with van der Waals surface area (Å²) >= 11 is 0. The van der Waals surface area contributed by atoms with Crippen LogP contribution in [0.15, 0.2) is 66.9 Å². The van der Waals surface area contributed by atoms with Crippen molar-refractivity contribution in [2.45, 2.75) is 26.2 Å². The maximum absolute atomic E-state index is 13.0. The second kappa shape index (κ2) is 11.8. The van der Waals surface area contributed by atoms with Gasteiger partial charge in [0.15, 0.2) is 0 Å². The number of fused-ring (bicyclic) bond motifs is 1. The van der Waals surface area contributed by atoms with Crippen LogP contribution in [-0.2, 0) is 10.2 Å². The van der Waals surface area contributed by atoms with Crippen molar-refractivity contribution >= 4 is 34.1 Å². The van der Waals surface area contributed by atoms with Crippen LogP contribution in [-0.4, -0.2) is 43.4 Å². The van der Waals surface area contributed by atoms with Crippen LogP contribution in [0.5, 0.6) is 17.4 Å². The Bertz CT molecular complexity index is 1420. The first-order valence-corrected chi connectivity index (χ1v) is 12.3. The summed E-state index contributed by atoms with van der Waals surface area (Å²) in [4.78, 5) is 21.7. The average molecular weight is 516 g/mol. The molecule has 0 fully saturated rings. The van der Waals surface area contributed by atoms with E-state index >= 15 is 0 Å². The number of nitrogens with zero attached hydrogens (tertiary/aromatic N) is 2. The summed E-state index contributed by atoms with van der Waals surface area (Å²) in [5, 5.41) is 10.6. The number of aromatic nitrogens is 2. The van der Waals surface area contributed by atoms with Crippen molar-refractivity contribution in [1.29, 1.82) is 0 Å². The lowest BCUT2D eigenvalue weighted by molar-refractivity contribution is 0.210. The third-order valence-electron chi connectivity index (χ3n) is 5.88. The molecule has 2 amide bonds. The van der Waals surface area contributed by atoms with Crippen molar-refractivity contribution < 1.29 is 19.0 Å². The largest absolute Gasteiger partial charge is 0.495 e. The van der Waals surface area contributed by atoms with E-state index in [0.717, 1.165) is 16.3 Å². The Morgan fingerprint density at radius 2 is 1.63 bits per heavy atom. The van der Waals surface area contributed by atoms with Crippen LogP contribution in [0.3, 0.4) is 0 Å². The third kappa shape index (κ3) is 6.49. The Hall–Kier alpha value is -4.37. The number of hydrogen-bond acceptors (Lipinski definition) is 7. The number of benzene rings is 3. The SMILES string of the molecule is COCCNc1nccc(Oc2ccc(NC(=O)Nc3cc(C(C)(C)C)ccc3OC)c3ccccc23)n1. The fourth-order valence-corrected chi connectivity index (χ4v) is 3.88. The van der Waals surface area contributed by atoms with Crippen molar-refractivity contribution in [2.75, 3.05) is 43.3 Å². The molecule has 0 bridgehead atoms. The zero-order chi connectivity index (χ0) is 27.1. The quantitative estimate of drug-likeness (QED) is 0.221. The highest BCUT2D eigenvalue weighted by molar-refractivity contribution is 6.08. The van der Waals surface area contributed by atoms with Crippen molar-refractivity contribution in [1.82, 2.24) is 9.97 Å². The number of rotatable bonds is 9. The van der Waals surface area contributed by atoms with E-state index in [2.05, 4.69) is 46.7 Å². The number of carbonyl (C=O) groups excluding carboxylic acids is 1. The molecule has 198 valence electrons. The Morgan fingerprint density at radius 3 is 2.37 bits per heavy atom. The number of nitrogens with one attached hydrogen (secondary N) is 3. The van der Waals surface area contributed by atoms with Gasteiger partial charge in [0.2, 0.25) is 11.8 Å². The van der Waals surface area contributed by atoms with Gasteiger partial charge in [-0.1, -0.05) is 51.1 Å². The molecule has 0 spiro atoms. The van der Waals surface area contributed by atoms with Crippen LogP contribution < -0.4 is 25.4 Å². The molecule has 9 nitrogen and oxygen atoms in total. The maximum atomic E-state index is 13.0. The topological polar surface area (TPSA) is 107 Å².